The van der Waals surface area contributed by atoms with E-state index in [0.717, 1.165) is 16.3 Å². The van der Waals surface area contributed by atoms with Crippen LogP contribution in [-0.4, -0.2) is 10.7 Å². The molecule has 4 aromatic carbocycles. The van der Waals surface area contributed by atoms with Crippen LogP contribution in [0.15, 0.2) is 84.9 Å². The van der Waals surface area contributed by atoms with Gasteiger partial charge in [0.25, 0.3) is 7.37 Å². The molecule has 1 fully saturated rings. The number of rotatable bonds is 3. The van der Waals surface area contributed by atoms with Crippen LogP contribution in [0.4, 0.5) is 0 Å². The van der Waals surface area contributed by atoms with E-state index in [1.807, 2.05) is 24.3 Å². The Morgan fingerprint density at radius 1 is 0.731 bits per heavy atom. The van der Waals surface area contributed by atoms with Gasteiger partial charge in [-0.15, -0.1) is 0 Å². The van der Waals surface area contributed by atoms with Crippen LogP contribution >= 0.6 is 7.37 Å². The minimum absolute atomic E-state index is 0.332. The smallest absolute Gasteiger partial charge is 0.260 e. The maximum absolute atomic E-state index is 12.8. The van der Waals surface area contributed by atoms with Crippen molar-refractivity contribution in [2.75, 3.05) is 0 Å². The molecule has 1 N–H and O–H groups in total. The summed E-state index contributed by atoms with van der Waals surface area (Å²) in [4.78, 5) is 10.5. The summed E-state index contributed by atoms with van der Waals surface area (Å²) in [6.07, 6.45) is -0.332. The standard InChI is InChI=1S/C22H17O3P/c23-26(24,20-8-2-1-3-9-20)22-21(25-22)18-11-10-17-12-15-6-4-5-7-16(15)13-19(17)14-18/h1-14,21-22H,(H,23,24). The van der Waals surface area contributed by atoms with E-state index in [2.05, 4.69) is 36.4 Å². The largest absolute Gasteiger partial charge is 0.353 e. The zero-order valence-corrected chi connectivity index (χ0v) is 14.8. The lowest BCUT2D eigenvalue weighted by Crippen LogP contribution is -2.08. The fourth-order valence-electron chi connectivity index (χ4n) is 3.54. The van der Waals surface area contributed by atoms with Crippen molar-refractivity contribution in [3.63, 3.8) is 0 Å². The highest BCUT2D eigenvalue weighted by atomic mass is 31.2. The van der Waals surface area contributed by atoms with Crippen molar-refractivity contribution in [3.05, 3.63) is 90.5 Å². The van der Waals surface area contributed by atoms with Crippen LogP contribution in [0.3, 0.4) is 0 Å². The third kappa shape index (κ3) is 2.57. The number of ether oxygens (including phenoxy) is 1. The van der Waals surface area contributed by atoms with Gasteiger partial charge in [0.15, 0.2) is 5.85 Å². The average Bonchev–Trinajstić information content (AvgIpc) is 3.48. The molecular formula is C22H17O3P. The van der Waals surface area contributed by atoms with Gasteiger partial charge in [-0.25, -0.2) is 0 Å². The first kappa shape index (κ1) is 15.8. The number of hydrogen-bond acceptors (Lipinski definition) is 2. The Kier molecular flexibility index (Phi) is 3.51. The number of fused-ring (bicyclic) bond motifs is 2. The first-order valence-corrected chi connectivity index (χ1v) is 10.3. The molecule has 3 atom stereocenters. The van der Waals surface area contributed by atoms with E-state index in [9.17, 15) is 9.46 Å². The van der Waals surface area contributed by atoms with E-state index >= 15 is 0 Å². The molecule has 1 aliphatic heterocycles. The van der Waals surface area contributed by atoms with Crippen LogP contribution < -0.4 is 5.30 Å². The highest BCUT2D eigenvalue weighted by Crippen LogP contribution is 2.61. The lowest BCUT2D eigenvalue weighted by atomic mass is 10.0. The van der Waals surface area contributed by atoms with Crippen molar-refractivity contribution in [2.45, 2.75) is 11.9 Å². The molecule has 4 heteroatoms. The molecule has 1 heterocycles. The number of benzene rings is 4. The van der Waals surface area contributed by atoms with Gasteiger partial charge in [-0.2, -0.15) is 0 Å². The molecule has 1 saturated heterocycles. The molecule has 3 nitrogen and oxygen atoms in total. The van der Waals surface area contributed by atoms with E-state index in [-0.39, 0.29) is 6.10 Å². The van der Waals surface area contributed by atoms with E-state index in [0.29, 0.717) is 5.30 Å². The lowest BCUT2D eigenvalue weighted by Gasteiger charge is -2.09. The van der Waals surface area contributed by atoms with Crippen LogP contribution in [0.25, 0.3) is 21.5 Å². The zero-order valence-electron chi connectivity index (χ0n) is 13.9. The van der Waals surface area contributed by atoms with Crippen LogP contribution in [-0.2, 0) is 9.30 Å². The Balaban J connectivity index is 1.50. The van der Waals surface area contributed by atoms with Gasteiger partial charge in [-0.3, -0.25) is 4.57 Å². The molecule has 0 radical (unpaired) electrons. The molecule has 3 unspecified atom stereocenters. The fraction of sp³-hybridized carbons (Fsp3) is 0.0909. The topological polar surface area (TPSA) is 49.8 Å². The van der Waals surface area contributed by atoms with Gasteiger partial charge in [-0.05, 0) is 57.4 Å². The van der Waals surface area contributed by atoms with E-state index in [1.54, 1.807) is 24.3 Å². The predicted octanol–water partition coefficient (Wildman–Crippen LogP) is 4.99. The molecular weight excluding hydrogens is 343 g/mol. The maximum atomic E-state index is 12.8. The monoisotopic (exact) mass is 360 g/mol. The van der Waals surface area contributed by atoms with Crippen molar-refractivity contribution in [2.24, 2.45) is 0 Å². The molecule has 5 rings (SSSR count). The summed E-state index contributed by atoms with van der Waals surface area (Å²) < 4.78 is 18.5. The summed E-state index contributed by atoms with van der Waals surface area (Å²) in [5, 5.41) is 5.10. The quantitative estimate of drug-likeness (QED) is 0.318. The van der Waals surface area contributed by atoms with Crippen molar-refractivity contribution in [1.29, 1.82) is 0 Å². The summed E-state index contributed by atoms with van der Waals surface area (Å²) in [6, 6.07) is 27.5. The van der Waals surface area contributed by atoms with E-state index in [1.165, 1.54) is 10.8 Å². The van der Waals surface area contributed by atoms with Gasteiger partial charge >= 0.3 is 0 Å². The van der Waals surface area contributed by atoms with Crippen molar-refractivity contribution < 1.29 is 14.2 Å². The molecule has 0 spiro atoms. The second-order valence-corrected chi connectivity index (χ2v) is 8.98. The first-order chi connectivity index (χ1) is 12.6. The Labute approximate surface area is 151 Å². The third-order valence-electron chi connectivity index (χ3n) is 5.00. The zero-order chi connectivity index (χ0) is 17.7. The minimum atomic E-state index is -3.55. The number of epoxide rings is 1. The molecule has 1 aliphatic rings. The second kappa shape index (κ2) is 5.78. The van der Waals surface area contributed by atoms with Gasteiger partial charge in [0.05, 0.1) is 0 Å². The molecule has 0 aliphatic carbocycles. The van der Waals surface area contributed by atoms with Gasteiger partial charge in [0.1, 0.15) is 6.10 Å². The van der Waals surface area contributed by atoms with Crippen LogP contribution in [0, 0.1) is 0 Å². The van der Waals surface area contributed by atoms with Crippen LogP contribution in [0.5, 0.6) is 0 Å². The minimum Gasteiger partial charge on any atom is -0.353 e. The maximum Gasteiger partial charge on any atom is 0.260 e. The van der Waals surface area contributed by atoms with Gasteiger partial charge in [0, 0.05) is 5.30 Å². The highest BCUT2D eigenvalue weighted by molar-refractivity contribution is 7.66. The Morgan fingerprint density at radius 2 is 1.35 bits per heavy atom. The predicted molar refractivity (Wildman–Crippen MR) is 105 cm³/mol. The molecule has 0 aromatic heterocycles. The average molecular weight is 360 g/mol. The van der Waals surface area contributed by atoms with Crippen molar-refractivity contribution in [1.82, 2.24) is 0 Å². The lowest BCUT2D eigenvalue weighted by molar-refractivity contribution is 0.386. The number of hydrogen-bond donors (Lipinski definition) is 1. The fourth-order valence-corrected chi connectivity index (χ4v) is 5.27. The SMILES string of the molecule is O=P(O)(c1ccccc1)C1OC1c1ccc2cc3ccccc3cc2c1. The second-order valence-electron chi connectivity index (χ2n) is 6.71. The van der Waals surface area contributed by atoms with E-state index < -0.39 is 13.2 Å². The summed E-state index contributed by atoms with van der Waals surface area (Å²) in [6.45, 7) is 0. The summed E-state index contributed by atoms with van der Waals surface area (Å²) >= 11 is 0. The molecule has 26 heavy (non-hydrogen) atoms. The molecule has 0 amide bonds. The van der Waals surface area contributed by atoms with E-state index in [4.69, 9.17) is 4.74 Å². The van der Waals surface area contributed by atoms with Crippen LogP contribution in [0.1, 0.15) is 11.7 Å². The highest BCUT2D eigenvalue weighted by Gasteiger charge is 2.53. The Bertz CT molecular complexity index is 1170. The first-order valence-electron chi connectivity index (χ1n) is 8.59. The summed E-state index contributed by atoms with van der Waals surface area (Å²) in [5.74, 6) is -0.664. The molecule has 0 saturated carbocycles. The van der Waals surface area contributed by atoms with Crippen molar-refractivity contribution in [3.8, 4) is 0 Å². The van der Waals surface area contributed by atoms with Gasteiger partial charge < -0.3 is 9.63 Å². The van der Waals surface area contributed by atoms with Gasteiger partial charge in [-0.1, -0.05) is 54.6 Å². The van der Waals surface area contributed by atoms with Gasteiger partial charge in [0.2, 0.25) is 0 Å². The summed E-state index contributed by atoms with van der Waals surface area (Å²) in [5.41, 5.74) is 0.947. The Hall–Kier alpha value is -2.45. The van der Waals surface area contributed by atoms with Crippen molar-refractivity contribution >= 4 is 34.2 Å². The van der Waals surface area contributed by atoms with Crippen LogP contribution in [0.2, 0.25) is 0 Å². The summed E-state index contributed by atoms with van der Waals surface area (Å²) in [7, 11) is -3.55. The molecule has 4 aromatic rings. The normalized spacial score (nSPS) is 21.6. The molecule has 0 bridgehead atoms. The Morgan fingerprint density at radius 3 is 2.08 bits per heavy atom. The third-order valence-corrected chi connectivity index (χ3v) is 7.12. The molecule has 128 valence electrons.